The summed E-state index contributed by atoms with van der Waals surface area (Å²) in [4.78, 5) is 6.64. The lowest BCUT2D eigenvalue weighted by Crippen LogP contribution is -2.25. The Bertz CT molecular complexity index is 545. The summed E-state index contributed by atoms with van der Waals surface area (Å²) >= 11 is 0. The third-order valence-electron chi connectivity index (χ3n) is 3.40. The van der Waals surface area contributed by atoms with Crippen molar-refractivity contribution >= 4 is 5.69 Å². The second-order valence-corrected chi connectivity index (χ2v) is 5.47. The van der Waals surface area contributed by atoms with E-state index in [4.69, 9.17) is 0 Å². The van der Waals surface area contributed by atoms with Crippen LogP contribution in [0.2, 0.25) is 0 Å². The molecular formula is C16H24N4. The zero-order chi connectivity index (χ0) is 14.5. The quantitative estimate of drug-likeness (QED) is 0.877. The van der Waals surface area contributed by atoms with Gasteiger partial charge in [-0.2, -0.15) is 0 Å². The van der Waals surface area contributed by atoms with Crippen LogP contribution in [0.4, 0.5) is 5.69 Å². The lowest BCUT2D eigenvalue weighted by Gasteiger charge is -2.23. The Kier molecular flexibility index (Phi) is 4.79. The van der Waals surface area contributed by atoms with Gasteiger partial charge in [0, 0.05) is 44.8 Å². The van der Waals surface area contributed by atoms with Gasteiger partial charge in [-0.3, -0.25) is 0 Å². The fourth-order valence-corrected chi connectivity index (χ4v) is 2.19. The molecule has 0 aliphatic rings. The number of para-hydroxylation sites is 1. The van der Waals surface area contributed by atoms with Crippen LogP contribution in [-0.2, 0) is 20.1 Å². The number of benzene rings is 1. The molecule has 0 radical (unpaired) electrons. The minimum atomic E-state index is 0.489. The molecule has 0 atom stereocenters. The van der Waals surface area contributed by atoms with E-state index in [0.29, 0.717) is 6.04 Å². The lowest BCUT2D eigenvalue weighted by molar-refractivity contribution is 0.588. The van der Waals surface area contributed by atoms with Crippen molar-refractivity contribution in [2.75, 3.05) is 11.9 Å². The molecule has 0 unspecified atom stereocenters. The number of nitrogens with zero attached hydrogens (tertiary/aromatic N) is 3. The summed E-state index contributed by atoms with van der Waals surface area (Å²) in [5.41, 5.74) is 2.57. The predicted octanol–water partition coefficient (Wildman–Crippen LogP) is 2.55. The van der Waals surface area contributed by atoms with E-state index >= 15 is 0 Å². The summed E-state index contributed by atoms with van der Waals surface area (Å²) in [5, 5.41) is 3.48. The molecule has 1 aromatic heterocycles. The number of imidazole rings is 1. The first-order valence-corrected chi connectivity index (χ1v) is 7.06. The molecular weight excluding hydrogens is 248 g/mol. The number of hydrogen-bond acceptors (Lipinski definition) is 3. The van der Waals surface area contributed by atoms with E-state index in [2.05, 4.69) is 64.9 Å². The molecule has 20 heavy (non-hydrogen) atoms. The van der Waals surface area contributed by atoms with Crippen LogP contribution >= 0.6 is 0 Å². The molecule has 108 valence electrons. The summed E-state index contributed by atoms with van der Waals surface area (Å²) < 4.78 is 2.06. The van der Waals surface area contributed by atoms with Gasteiger partial charge in [0.05, 0.1) is 6.54 Å². The molecule has 4 nitrogen and oxygen atoms in total. The third kappa shape index (κ3) is 3.61. The molecule has 4 heteroatoms. The normalized spacial score (nSPS) is 11.1. The molecule has 0 aliphatic heterocycles. The number of hydrogen-bond donors (Lipinski definition) is 1. The zero-order valence-corrected chi connectivity index (χ0v) is 12.8. The van der Waals surface area contributed by atoms with Crippen molar-refractivity contribution in [2.45, 2.75) is 33.0 Å². The average Bonchev–Trinajstić information content (AvgIpc) is 2.82. The van der Waals surface area contributed by atoms with Crippen molar-refractivity contribution < 1.29 is 0 Å². The average molecular weight is 272 g/mol. The van der Waals surface area contributed by atoms with Gasteiger partial charge in [0.15, 0.2) is 0 Å². The first-order chi connectivity index (χ1) is 9.58. The van der Waals surface area contributed by atoms with E-state index in [-0.39, 0.29) is 0 Å². The maximum absolute atomic E-state index is 4.39. The highest BCUT2D eigenvalue weighted by atomic mass is 15.2. The van der Waals surface area contributed by atoms with Crippen molar-refractivity contribution in [2.24, 2.45) is 7.05 Å². The molecule has 2 rings (SSSR count). The fourth-order valence-electron chi connectivity index (χ4n) is 2.19. The van der Waals surface area contributed by atoms with Gasteiger partial charge in [-0.1, -0.05) is 32.0 Å². The van der Waals surface area contributed by atoms with Gasteiger partial charge in [-0.05, 0) is 11.6 Å². The largest absolute Gasteiger partial charge is 0.367 e. The van der Waals surface area contributed by atoms with Crippen LogP contribution in [0.25, 0.3) is 0 Å². The van der Waals surface area contributed by atoms with Gasteiger partial charge in [0.1, 0.15) is 5.82 Å². The van der Waals surface area contributed by atoms with E-state index < -0.39 is 0 Å². The zero-order valence-electron chi connectivity index (χ0n) is 12.8. The molecule has 0 fully saturated rings. The standard InChI is InChI=1S/C16H24N4/c1-13(2)18-11-14-7-5-6-8-15(14)20(4)12-16-17-9-10-19(16)3/h5-10,13,18H,11-12H2,1-4H3. The second kappa shape index (κ2) is 6.57. The Morgan fingerprint density at radius 2 is 2.05 bits per heavy atom. The third-order valence-corrected chi connectivity index (χ3v) is 3.40. The minimum Gasteiger partial charge on any atom is -0.367 e. The Morgan fingerprint density at radius 1 is 1.30 bits per heavy atom. The van der Waals surface area contributed by atoms with Gasteiger partial charge >= 0.3 is 0 Å². The van der Waals surface area contributed by atoms with E-state index in [1.54, 1.807) is 0 Å². The summed E-state index contributed by atoms with van der Waals surface area (Å²) in [6, 6.07) is 9.02. The minimum absolute atomic E-state index is 0.489. The Labute approximate surface area is 121 Å². The van der Waals surface area contributed by atoms with Crippen LogP contribution in [-0.4, -0.2) is 22.6 Å². The van der Waals surface area contributed by atoms with E-state index in [1.807, 2.05) is 19.4 Å². The smallest absolute Gasteiger partial charge is 0.127 e. The number of aromatic nitrogens is 2. The van der Waals surface area contributed by atoms with Crippen LogP contribution in [0.1, 0.15) is 25.2 Å². The molecule has 1 N–H and O–H groups in total. The van der Waals surface area contributed by atoms with Gasteiger partial charge in [0.25, 0.3) is 0 Å². The molecule has 0 amide bonds. The maximum Gasteiger partial charge on any atom is 0.127 e. The van der Waals surface area contributed by atoms with Crippen molar-refractivity contribution in [1.29, 1.82) is 0 Å². The molecule has 0 bridgehead atoms. The Morgan fingerprint density at radius 3 is 2.70 bits per heavy atom. The highest BCUT2D eigenvalue weighted by Crippen LogP contribution is 2.20. The Hall–Kier alpha value is -1.81. The number of nitrogens with one attached hydrogen (secondary N) is 1. The lowest BCUT2D eigenvalue weighted by atomic mass is 10.1. The van der Waals surface area contributed by atoms with Crippen LogP contribution < -0.4 is 10.2 Å². The molecule has 2 aromatic rings. The molecule has 0 saturated carbocycles. The topological polar surface area (TPSA) is 33.1 Å². The second-order valence-electron chi connectivity index (χ2n) is 5.47. The van der Waals surface area contributed by atoms with Crippen molar-refractivity contribution in [1.82, 2.24) is 14.9 Å². The summed E-state index contributed by atoms with van der Waals surface area (Å²) in [6.07, 6.45) is 3.82. The van der Waals surface area contributed by atoms with Crippen molar-refractivity contribution in [3.05, 3.63) is 48.0 Å². The van der Waals surface area contributed by atoms with E-state index in [0.717, 1.165) is 18.9 Å². The molecule has 0 spiro atoms. The summed E-state index contributed by atoms with van der Waals surface area (Å²) in [5.74, 6) is 1.07. The van der Waals surface area contributed by atoms with Gasteiger partial charge in [-0.25, -0.2) is 4.98 Å². The molecule has 1 aromatic carbocycles. The van der Waals surface area contributed by atoms with Crippen molar-refractivity contribution in [3.8, 4) is 0 Å². The first-order valence-electron chi connectivity index (χ1n) is 7.06. The highest BCUT2D eigenvalue weighted by molar-refractivity contribution is 5.53. The van der Waals surface area contributed by atoms with Crippen molar-refractivity contribution in [3.63, 3.8) is 0 Å². The molecule has 1 heterocycles. The van der Waals surface area contributed by atoms with Gasteiger partial charge in [-0.15, -0.1) is 0 Å². The monoisotopic (exact) mass is 272 g/mol. The predicted molar refractivity (Wildman–Crippen MR) is 83.7 cm³/mol. The number of rotatable bonds is 6. The van der Waals surface area contributed by atoms with Crippen LogP contribution in [0.15, 0.2) is 36.7 Å². The Balaban J connectivity index is 2.12. The van der Waals surface area contributed by atoms with Crippen LogP contribution in [0.3, 0.4) is 0 Å². The van der Waals surface area contributed by atoms with Crippen LogP contribution in [0.5, 0.6) is 0 Å². The summed E-state index contributed by atoms with van der Waals surface area (Å²) in [7, 11) is 4.14. The maximum atomic E-state index is 4.39. The SMILES string of the molecule is CC(C)NCc1ccccc1N(C)Cc1nccn1C. The highest BCUT2D eigenvalue weighted by Gasteiger charge is 2.09. The van der Waals surface area contributed by atoms with Gasteiger partial charge in [0.2, 0.25) is 0 Å². The molecule has 0 saturated heterocycles. The first kappa shape index (κ1) is 14.6. The fraction of sp³-hybridized carbons (Fsp3) is 0.438. The van der Waals surface area contributed by atoms with E-state index in [9.17, 15) is 0 Å². The van der Waals surface area contributed by atoms with Crippen LogP contribution in [0, 0.1) is 0 Å². The molecule has 0 aliphatic carbocycles. The number of aryl methyl sites for hydroxylation is 1. The summed E-state index contributed by atoms with van der Waals surface area (Å²) in [6.45, 7) is 6.03. The van der Waals surface area contributed by atoms with E-state index in [1.165, 1.54) is 11.3 Å². The van der Waals surface area contributed by atoms with Gasteiger partial charge < -0.3 is 14.8 Å². The number of anilines is 1.